The van der Waals surface area contributed by atoms with Crippen LogP contribution < -0.4 is 11.3 Å². The van der Waals surface area contributed by atoms with Crippen LogP contribution in [0.5, 0.6) is 0 Å². The third-order valence-electron chi connectivity index (χ3n) is 5.26. The third kappa shape index (κ3) is 2.27. The number of nitrogen functional groups attached to an aromatic ring is 1. The summed E-state index contributed by atoms with van der Waals surface area (Å²) < 4.78 is 2.41. The fourth-order valence-corrected chi connectivity index (χ4v) is 3.92. The lowest BCUT2D eigenvalue weighted by Crippen LogP contribution is -2.11. The van der Waals surface area contributed by atoms with E-state index in [1.807, 2.05) is 30.3 Å². The average Bonchev–Trinajstić information content (AvgIpc) is 3.22. The molecule has 2 aromatic heterocycles. The topological polar surface area (TPSA) is 68.8 Å². The van der Waals surface area contributed by atoms with Gasteiger partial charge in [0.2, 0.25) is 0 Å². The van der Waals surface area contributed by atoms with Gasteiger partial charge in [-0.2, -0.15) is 0 Å². The van der Waals surface area contributed by atoms with E-state index in [0.717, 1.165) is 16.6 Å². The summed E-state index contributed by atoms with van der Waals surface area (Å²) in [5.74, 6) is 7.22. The predicted molar refractivity (Wildman–Crippen MR) is 97.8 cm³/mol. The summed E-state index contributed by atoms with van der Waals surface area (Å²) in [7, 11) is 0. The zero-order chi connectivity index (χ0) is 16.7. The highest BCUT2D eigenvalue weighted by Gasteiger charge is 2.25. The maximum absolute atomic E-state index is 5.80. The first-order valence-electron chi connectivity index (χ1n) is 8.62. The molecular weight excluding hydrogens is 298 g/mol. The molecule has 5 nitrogen and oxygen atoms in total. The van der Waals surface area contributed by atoms with E-state index in [-0.39, 0.29) is 0 Å². The minimum absolute atomic E-state index is 0.533. The molecule has 0 saturated heterocycles. The lowest BCUT2D eigenvalue weighted by molar-refractivity contribution is 0.521. The van der Waals surface area contributed by atoms with Crippen molar-refractivity contribution in [3.63, 3.8) is 0 Å². The zero-order valence-corrected chi connectivity index (χ0v) is 14.2. The molecule has 0 unspecified atom stereocenters. The largest absolute Gasteiger partial charge is 0.326 e. The summed E-state index contributed by atoms with van der Waals surface area (Å²) in [5.41, 5.74) is 7.28. The summed E-state index contributed by atoms with van der Waals surface area (Å²) in [6.07, 6.45) is 5.03. The molecular formula is C19H23N5. The Hall–Kier alpha value is -2.40. The molecule has 124 valence electrons. The smallest absolute Gasteiger partial charge is 0.163 e. The van der Waals surface area contributed by atoms with E-state index in [1.165, 1.54) is 36.9 Å². The first kappa shape index (κ1) is 15.1. The Bertz CT molecular complexity index is 876. The maximum Gasteiger partial charge on any atom is 0.163 e. The Labute approximate surface area is 141 Å². The molecule has 3 N–H and O–H groups in total. The van der Waals surface area contributed by atoms with Crippen LogP contribution in [0.1, 0.15) is 43.0 Å². The van der Waals surface area contributed by atoms with E-state index in [4.69, 9.17) is 10.8 Å². The number of rotatable bonds is 3. The molecule has 2 heterocycles. The van der Waals surface area contributed by atoms with Crippen molar-refractivity contribution < 1.29 is 0 Å². The number of nitrogens with zero attached hydrogens (tertiary/aromatic N) is 3. The van der Waals surface area contributed by atoms with Crippen molar-refractivity contribution in [2.75, 3.05) is 5.43 Å². The monoisotopic (exact) mass is 321 g/mol. The number of hydrogen-bond donors (Lipinski definition) is 2. The molecule has 0 atom stereocenters. The highest BCUT2D eigenvalue weighted by Crippen LogP contribution is 2.38. The summed E-state index contributed by atoms with van der Waals surface area (Å²) in [6, 6.07) is 10.6. The molecule has 0 spiro atoms. The van der Waals surface area contributed by atoms with Gasteiger partial charge in [0.15, 0.2) is 11.6 Å². The Morgan fingerprint density at radius 2 is 1.79 bits per heavy atom. The van der Waals surface area contributed by atoms with Gasteiger partial charge in [-0.25, -0.2) is 15.8 Å². The normalized spacial score (nSPS) is 15.3. The SMILES string of the molecule is Cc1c(C)n(C2CCCC2)c2nc(-c3ccccc3)nc(NN)c12. The first-order valence-corrected chi connectivity index (χ1v) is 8.62. The summed E-state index contributed by atoms with van der Waals surface area (Å²) in [4.78, 5) is 9.61. The molecule has 1 aliphatic carbocycles. The third-order valence-corrected chi connectivity index (χ3v) is 5.26. The lowest BCUT2D eigenvalue weighted by atomic mass is 10.2. The van der Waals surface area contributed by atoms with Gasteiger partial charge in [0.1, 0.15) is 5.65 Å². The molecule has 4 rings (SSSR count). The molecule has 0 amide bonds. The number of hydrazine groups is 1. The second-order valence-electron chi connectivity index (χ2n) is 6.62. The molecule has 1 aromatic carbocycles. The fourth-order valence-electron chi connectivity index (χ4n) is 3.92. The summed E-state index contributed by atoms with van der Waals surface area (Å²) in [6.45, 7) is 4.31. The van der Waals surface area contributed by atoms with Gasteiger partial charge in [-0.1, -0.05) is 43.2 Å². The number of aromatic nitrogens is 3. The van der Waals surface area contributed by atoms with Crippen LogP contribution in [0.15, 0.2) is 30.3 Å². The van der Waals surface area contributed by atoms with E-state index in [1.54, 1.807) is 0 Å². The van der Waals surface area contributed by atoms with E-state index in [2.05, 4.69) is 28.8 Å². The summed E-state index contributed by atoms with van der Waals surface area (Å²) >= 11 is 0. The van der Waals surface area contributed by atoms with Gasteiger partial charge < -0.3 is 9.99 Å². The number of fused-ring (bicyclic) bond motifs is 1. The minimum Gasteiger partial charge on any atom is -0.326 e. The second-order valence-corrected chi connectivity index (χ2v) is 6.62. The van der Waals surface area contributed by atoms with Crippen molar-refractivity contribution >= 4 is 16.9 Å². The van der Waals surface area contributed by atoms with Gasteiger partial charge in [-0.05, 0) is 32.3 Å². The van der Waals surface area contributed by atoms with E-state index in [9.17, 15) is 0 Å². The Morgan fingerprint density at radius 3 is 2.46 bits per heavy atom. The highest BCUT2D eigenvalue weighted by molar-refractivity contribution is 5.93. The number of nitrogens with two attached hydrogens (primary N) is 1. The standard InChI is InChI=1S/C19H23N5/c1-12-13(2)24(15-10-6-7-11-15)19-16(12)18(23-20)21-17(22-19)14-8-4-3-5-9-14/h3-5,8-9,15H,6-7,10-11,20H2,1-2H3,(H,21,22,23). The van der Waals surface area contributed by atoms with Crippen molar-refractivity contribution in [3.05, 3.63) is 41.6 Å². The molecule has 0 bridgehead atoms. The predicted octanol–water partition coefficient (Wildman–Crippen LogP) is 4.12. The van der Waals surface area contributed by atoms with Crippen LogP contribution in [-0.2, 0) is 0 Å². The first-order chi connectivity index (χ1) is 11.7. The van der Waals surface area contributed by atoms with Gasteiger partial charge in [0, 0.05) is 17.3 Å². The van der Waals surface area contributed by atoms with E-state index < -0.39 is 0 Å². The molecule has 1 saturated carbocycles. The van der Waals surface area contributed by atoms with E-state index >= 15 is 0 Å². The molecule has 0 aliphatic heterocycles. The Balaban J connectivity index is 2.00. The van der Waals surface area contributed by atoms with Crippen molar-refractivity contribution in [2.45, 2.75) is 45.6 Å². The molecule has 0 radical (unpaired) electrons. The number of nitrogens with one attached hydrogen (secondary N) is 1. The van der Waals surface area contributed by atoms with Crippen LogP contribution in [0.25, 0.3) is 22.4 Å². The second kappa shape index (κ2) is 5.91. The fraction of sp³-hybridized carbons (Fsp3) is 0.368. The molecule has 1 fully saturated rings. The minimum atomic E-state index is 0.533. The molecule has 3 aromatic rings. The van der Waals surface area contributed by atoms with Gasteiger partial charge in [0.25, 0.3) is 0 Å². The van der Waals surface area contributed by atoms with Crippen LogP contribution in [-0.4, -0.2) is 14.5 Å². The quantitative estimate of drug-likeness (QED) is 0.562. The lowest BCUT2D eigenvalue weighted by Gasteiger charge is -2.16. The Kier molecular flexibility index (Phi) is 3.73. The highest BCUT2D eigenvalue weighted by atomic mass is 15.3. The van der Waals surface area contributed by atoms with Gasteiger partial charge in [-0.3, -0.25) is 0 Å². The van der Waals surface area contributed by atoms with Crippen LogP contribution in [0.2, 0.25) is 0 Å². The van der Waals surface area contributed by atoms with E-state index in [0.29, 0.717) is 17.7 Å². The van der Waals surface area contributed by atoms with Crippen molar-refractivity contribution in [3.8, 4) is 11.4 Å². The maximum atomic E-state index is 5.80. The molecule has 24 heavy (non-hydrogen) atoms. The summed E-state index contributed by atoms with van der Waals surface area (Å²) in [5, 5.41) is 1.04. The molecule has 5 heteroatoms. The number of benzene rings is 1. The number of aryl methyl sites for hydroxylation is 1. The number of hydrogen-bond acceptors (Lipinski definition) is 4. The van der Waals surface area contributed by atoms with Crippen LogP contribution in [0, 0.1) is 13.8 Å². The van der Waals surface area contributed by atoms with Crippen LogP contribution >= 0.6 is 0 Å². The van der Waals surface area contributed by atoms with Crippen LogP contribution in [0.4, 0.5) is 5.82 Å². The van der Waals surface area contributed by atoms with Crippen molar-refractivity contribution in [1.82, 2.24) is 14.5 Å². The van der Waals surface area contributed by atoms with Crippen molar-refractivity contribution in [2.24, 2.45) is 5.84 Å². The van der Waals surface area contributed by atoms with Crippen LogP contribution in [0.3, 0.4) is 0 Å². The van der Waals surface area contributed by atoms with Gasteiger partial charge in [-0.15, -0.1) is 0 Å². The number of anilines is 1. The Morgan fingerprint density at radius 1 is 1.08 bits per heavy atom. The average molecular weight is 321 g/mol. The zero-order valence-electron chi connectivity index (χ0n) is 14.2. The molecule has 1 aliphatic rings. The van der Waals surface area contributed by atoms with Gasteiger partial charge in [0.05, 0.1) is 5.39 Å². The van der Waals surface area contributed by atoms with Gasteiger partial charge >= 0.3 is 0 Å². The van der Waals surface area contributed by atoms with Crippen molar-refractivity contribution in [1.29, 1.82) is 0 Å².